The Kier molecular flexibility index (Phi) is 4.29. The lowest BCUT2D eigenvalue weighted by Gasteiger charge is -2.31. The van der Waals surface area contributed by atoms with Crippen molar-refractivity contribution in [2.75, 3.05) is 20.1 Å². The average Bonchev–Trinajstić information content (AvgIpc) is 2.42. The number of nitrogens with one attached hydrogen (secondary N) is 1. The second kappa shape index (κ2) is 5.94. The highest BCUT2D eigenvalue weighted by atomic mass is 19.1. The molecule has 0 saturated carbocycles. The van der Waals surface area contributed by atoms with E-state index in [9.17, 15) is 4.39 Å². The largest absolute Gasteiger partial charge is 0.317 e. The Morgan fingerprint density at radius 1 is 1.44 bits per heavy atom. The van der Waals surface area contributed by atoms with Crippen LogP contribution < -0.4 is 5.32 Å². The van der Waals surface area contributed by atoms with Gasteiger partial charge in [-0.25, -0.2) is 4.39 Å². The molecule has 0 unspecified atom stereocenters. The first-order chi connectivity index (χ1) is 8.70. The van der Waals surface area contributed by atoms with Gasteiger partial charge in [0.05, 0.1) is 5.56 Å². The topological polar surface area (TPSA) is 39.1 Å². The van der Waals surface area contributed by atoms with E-state index in [0.717, 1.165) is 38.0 Å². The molecule has 1 aliphatic heterocycles. The summed E-state index contributed by atoms with van der Waals surface area (Å²) in [4.78, 5) is 2.29. The fourth-order valence-electron chi connectivity index (χ4n) is 2.42. The number of nitriles is 1. The zero-order chi connectivity index (χ0) is 13.0. The maximum absolute atomic E-state index is 13.2. The minimum Gasteiger partial charge on any atom is -0.317 e. The van der Waals surface area contributed by atoms with Crippen molar-refractivity contribution >= 4 is 0 Å². The van der Waals surface area contributed by atoms with E-state index in [0.29, 0.717) is 6.04 Å². The lowest BCUT2D eigenvalue weighted by Crippen LogP contribution is -2.40. The second-order valence-corrected chi connectivity index (χ2v) is 4.82. The summed E-state index contributed by atoms with van der Waals surface area (Å²) < 4.78 is 13.2. The van der Waals surface area contributed by atoms with Crippen LogP contribution >= 0.6 is 0 Å². The van der Waals surface area contributed by atoms with Crippen LogP contribution in [0.2, 0.25) is 0 Å². The first kappa shape index (κ1) is 13.0. The maximum Gasteiger partial charge on any atom is 0.140 e. The highest BCUT2D eigenvalue weighted by Crippen LogP contribution is 2.15. The Morgan fingerprint density at radius 3 is 2.83 bits per heavy atom. The van der Waals surface area contributed by atoms with E-state index in [2.05, 4.69) is 17.3 Å². The molecule has 0 aromatic heterocycles. The van der Waals surface area contributed by atoms with E-state index in [1.165, 1.54) is 6.07 Å². The van der Waals surface area contributed by atoms with Gasteiger partial charge in [-0.1, -0.05) is 6.07 Å². The molecule has 3 nitrogen and oxygen atoms in total. The van der Waals surface area contributed by atoms with Crippen molar-refractivity contribution in [3.05, 3.63) is 35.1 Å². The minimum absolute atomic E-state index is 0.131. The molecule has 4 heteroatoms. The van der Waals surface area contributed by atoms with Crippen LogP contribution in [0, 0.1) is 17.1 Å². The molecular weight excluding hydrogens is 229 g/mol. The molecule has 0 bridgehead atoms. The van der Waals surface area contributed by atoms with Gasteiger partial charge in [0.1, 0.15) is 11.9 Å². The van der Waals surface area contributed by atoms with Crippen molar-refractivity contribution in [1.82, 2.24) is 10.2 Å². The summed E-state index contributed by atoms with van der Waals surface area (Å²) in [6.45, 7) is 2.88. The van der Waals surface area contributed by atoms with Gasteiger partial charge in [0.15, 0.2) is 0 Å². The summed E-state index contributed by atoms with van der Waals surface area (Å²) >= 11 is 0. The Morgan fingerprint density at radius 2 is 2.17 bits per heavy atom. The second-order valence-electron chi connectivity index (χ2n) is 4.82. The van der Waals surface area contributed by atoms with Crippen LogP contribution in [0.25, 0.3) is 0 Å². The van der Waals surface area contributed by atoms with Crippen molar-refractivity contribution in [3.8, 4) is 6.07 Å². The first-order valence-electron chi connectivity index (χ1n) is 6.30. The molecule has 1 fully saturated rings. The molecule has 0 atom stereocenters. The zero-order valence-electron chi connectivity index (χ0n) is 10.6. The Hall–Kier alpha value is -1.44. The number of rotatable bonds is 3. The minimum atomic E-state index is -0.439. The summed E-state index contributed by atoms with van der Waals surface area (Å²) in [5.74, 6) is -0.439. The average molecular weight is 247 g/mol. The first-order valence-corrected chi connectivity index (χ1v) is 6.30. The molecule has 1 aliphatic rings. The van der Waals surface area contributed by atoms with Gasteiger partial charge in [-0.15, -0.1) is 0 Å². The molecule has 96 valence electrons. The third kappa shape index (κ3) is 3.06. The van der Waals surface area contributed by atoms with Gasteiger partial charge in [-0.3, -0.25) is 4.90 Å². The molecule has 0 amide bonds. The van der Waals surface area contributed by atoms with Gasteiger partial charge < -0.3 is 5.32 Å². The lowest BCUT2D eigenvalue weighted by atomic mass is 10.0. The van der Waals surface area contributed by atoms with Crippen LogP contribution in [0.3, 0.4) is 0 Å². The van der Waals surface area contributed by atoms with E-state index in [4.69, 9.17) is 5.26 Å². The predicted octanol–water partition coefficient (Wildman–Crippen LogP) is 1.88. The van der Waals surface area contributed by atoms with Crippen molar-refractivity contribution in [2.45, 2.75) is 25.4 Å². The SMILES string of the molecule is CN(Cc1ccc(F)c(C#N)c1)C1CCNCC1. The molecule has 1 heterocycles. The number of benzene rings is 1. The number of halogens is 1. The van der Waals surface area contributed by atoms with E-state index in [-0.39, 0.29) is 5.56 Å². The number of hydrogen-bond donors (Lipinski definition) is 1. The lowest BCUT2D eigenvalue weighted by molar-refractivity contribution is 0.192. The van der Waals surface area contributed by atoms with Crippen LogP contribution in [0.15, 0.2) is 18.2 Å². The van der Waals surface area contributed by atoms with Crippen LogP contribution in [-0.4, -0.2) is 31.1 Å². The molecular formula is C14H18FN3. The molecule has 18 heavy (non-hydrogen) atoms. The van der Waals surface area contributed by atoms with E-state index < -0.39 is 5.82 Å². The number of nitrogens with zero attached hydrogens (tertiary/aromatic N) is 2. The molecule has 2 rings (SSSR count). The Labute approximate surface area is 107 Å². The molecule has 1 aromatic carbocycles. The molecule has 0 radical (unpaired) electrons. The third-order valence-corrected chi connectivity index (χ3v) is 3.52. The number of piperidine rings is 1. The van der Waals surface area contributed by atoms with Gasteiger partial charge >= 0.3 is 0 Å². The van der Waals surface area contributed by atoms with Crippen LogP contribution in [0.5, 0.6) is 0 Å². The summed E-state index contributed by atoms with van der Waals surface area (Å²) in [7, 11) is 2.09. The fraction of sp³-hybridized carbons (Fsp3) is 0.500. The van der Waals surface area contributed by atoms with Gasteiger partial charge in [0.2, 0.25) is 0 Å². The fourth-order valence-corrected chi connectivity index (χ4v) is 2.42. The third-order valence-electron chi connectivity index (χ3n) is 3.52. The van der Waals surface area contributed by atoms with Crippen molar-refractivity contribution in [2.24, 2.45) is 0 Å². The predicted molar refractivity (Wildman–Crippen MR) is 68.5 cm³/mol. The number of hydrogen-bond acceptors (Lipinski definition) is 3. The monoisotopic (exact) mass is 247 g/mol. The van der Waals surface area contributed by atoms with Crippen molar-refractivity contribution < 1.29 is 4.39 Å². The highest BCUT2D eigenvalue weighted by Gasteiger charge is 2.17. The summed E-state index contributed by atoms with van der Waals surface area (Å²) in [5.41, 5.74) is 1.13. The normalized spacial score (nSPS) is 16.8. The standard InChI is InChI=1S/C14H18FN3/c1-18(13-4-6-17-7-5-13)10-11-2-3-14(15)12(8-11)9-16/h2-3,8,13,17H,4-7,10H2,1H3. The Bertz CT molecular complexity index is 447. The van der Waals surface area contributed by atoms with E-state index in [1.807, 2.05) is 6.07 Å². The Balaban J connectivity index is 2.02. The van der Waals surface area contributed by atoms with Crippen molar-refractivity contribution in [3.63, 3.8) is 0 Å². The molecule has 0 spiro atoms. The van der Waals surface area contributed by atoms with Gasteiger partial charge in [0, 0.05) is 12.6 Å². The van der Waals surface area contributed by atoms with E-state index in [1.54, 1.807) is 12.1 Å². The smallest absolute Gasteiger partial charge is 0.140 e. The van der Waals surface area contributed by atoms with E-state index >= 15 is 0 Å². The van der Waals surface area contributed by atoms with Gasteiger partial charge in [0.25, 0.3) is 0 Å². The zero-order valence-corrected chi connectivity index (χ0v) is 10.6. The molecule has 1 saturated heterocycles. The van der Waals surface area contributed by atoms with Crippen LogP contribution in [-0.2, 0) is 6.54 Å². The van der Waals surface area contributed by atoms with Crippen LogP contribution in [0.4, 0.5) is 4.39 Å². The van der Waals surface area contributed by atoms with Crippen molar-refractivity contribution in [1.29, 1.82) is 5.26 Å². The highest BCUT2D eigenvalue weighted by molar-refractivity contribution is 5.34. The van der Waals surface area contributed by atoms with Gasteiger partial charge in [-0.2, -0.15) is 5.26 Å². The maximum atomic E-state index is 13.2. The van der Waals surface area contributed by atoms with Gasteiger partial charge in [-0.05, 0) is 50.7 Å². The summed E-state index contributed by atoms with van der Waals surface area (Å²) in [6.07, 6.45) is 2.28. The molecule has 1 N–H and O–H groups in total. The molecule has 0 aliphatic carbocycles. The summed E-state index contributed by atoms with van der Waals surface area (Å²) in [6, 6.07) is 7.24. The van der Waals surface area contributed by atoms with Crippen LogP contribution in [0.1, 0.15) is 24.0 Å². The summed E-state index contributed by atoms with van der Waals surface area (Å²) in [5, 5.41) is 12.2. The quantitative estimate of drug-likeness (QED) is 0.886. The molecule has 1 aromatic rings.